The van der Waals surface area contributed by atoms with Crippen molar-refractivity contribution < 1.29 is 14.3 Å². The first-order valence-electron chi connectivity index (χ1n) is 10.1. The lowest BCUT2D eigenvalue weighted by Gasteiger charge is -2.10. The van der Waals surface area contributed by atoms with Gasteiger partial charge in [-0.2, -0.15) is 0 Å². The quantitative estimate of drug-likeness (QED) is 0.252. The molecule has 1 amide bonds. The number of carbonyl (C=O) groups is 1. The molecule has 0 aliphatic rings. The number of amides is 1. The van der Waals surface area contributed by atoms with Crippen LogP contribution in [0.3, 0.4) is 0 Å². The lowest BCUT2D eigenvalue weighted by Crippen LogP contribution is -2.17. The van der Waals surface area contributed by atoms with E-state index in [0.717, 1.165) is 46.6 Å². The lowest BCUT2D eigenvalue weighted by atomic mass is 10.1. The summed E-state index contributed by atoms with van der Waals surface area (Å²) >= 11 is 1.29. The molecule has 6 heteroatoms. The molecule has 5 nitrogen and oxygen atoms in total. The molecule has 0 unspecified atom stereocenters. The van der Waals surface area contributed by atoms with Crippen molar-refractivity contribution in [1.82, 2.24) is 9.71 Å². The Morgan fingerprint density at radius 1 is 0.935 bits per heavy atom. The van der Waals surface area contributed by atoms with Gasteiger partial charge in [0.05, 0.1) is 6.61 Å². The molecule has 1 heterocycles. The van der Waals surface area contributed by atoms with Crippen LogP contribution >= 0.6 is 11.9 Å². The van der Waals surface area contributed by atoms with Crippen LogP contribution < -0.4 is 14.2 Å². The second-order valence-electron chi connectivity index (χ2n) is 7.00. The number of aromatic nitrogens is 1. The van der Waals surface area contributed by atoms with Gasteiger partial charge in [-0.05, 0) is 48.7 Å². The number of ether oxygens (including phenoxy) is 2. The smallest absolute Gasteiger partial charge is 0.277 e. The number of carbonyl (C=O) groups excluding carboxylic acids is 1. The number of benzene rings is 3. The molecular weight excluding hydrogens is 408 g/mol. The van der Waals surface area contributed by atoms with E-state index in [-0.39, 0.29) is 5.91 Å². The Morgan fingerprint density at radius 3 is 2.52 bits per heavy atom. The third kappa shape index (κ3) is 5.22. The molecule has 0 bridgehead atoms. The van der Waals surface area contributed by atoms with Crippen molar-refractivity contribution >= 4 is 28.8 Å². The fourth-order valence-electron chi connectivity index (χ4n) is 3.49. The van der Waals surface area contributed by atoms with E-state index in [1.807, 2.05) is 85.1 Å². The highest BCUT2D eigenvalue weighted by molar-refractivity contribution is 7.97. The molecule has 4 aromatic rings. The third-order valence-corrected chi connectivity index (χ3v) is 5.25. The zero-order valence-electron chi connectivity index (χ0n) is 17.3. The van der Waals surface area contributed by atoms with Crippen LogP contribution in [0.2, 0.25) is 0 Å². The summed E-state index contributed by atoms with van der Waals surface area (Å²) in [5.74, 6) is 2.17. The van der Waals surface area contributed by atoms with Crippen molar-refractivity contribution in [2.45, 2.75) is 12.8 Å². The van der Waals surface area contributed by atoms with Gasteiger partial charge in [-0.15, -0.1) is 0 Å². The maximum Gasteiger partial charge on any atom is 0.277 e. The number of hydrogen-bond donors (Lipinski definition) is 2. The van der Waals surface area contributed by atoms with E-state index in [2.05, 4.69) is 9.71 Å². The number of fused-ring (bicyclic) bond motifs is 1. The van der Waals surface area contributed by atoms with Crippen molar-refractivity contribution in [3.8, 4) is 17.2 Å². The Hall–Kier alpha value is -3.38. The molecule has 4 rings (SSSR count). The molecule has 1 aromatic heterocycles. The van der Waals surface area contributed by atoms with E-state index in [1.54, 1.807) is 0 Å². The number of aryl methyl sites for hydroxylation is 1. The standard InChI is InChI=1S/C25H24N2O3S/c1-31-27-25(28)24-22(21-13-5-6-15-23(21)26-24)14-8-16-29-19-11-7-12-20(17-19)30-18-9-3-2-4-10-18/h2-7,9-13,15,17,26H,8,14,16H2,1H3,(H,27,28). The predicted octanol–water partition coefficient (Wildman–Crippen LogP) is 5.98. The van der Waals surface area contributed by atoms with Crippen molar-refractivity contribution in [3.63, 3.8) is 0 Å². The minimum atomic E-state index is -0.106. The Bertz CT molecular complexity index is 1160. The average molecular weight is 433 g/mol. The number of H-pyrrole nitrogens is 1. The highest BCUT2D eigenvalue weighted by Gasteiger charge is 2.17. The molecule has 0 radical (unpaired) electrons. The molecule has 31 heavy (non-hydrogen) atoms. The first-order chi connectivity index (χ1) is 15.2. The SMILES string of the molecule is CSNC(=O)c1[nH]c2ccccc2c1CCCOc1cccc(Oc2ccccc2)c1. The summed E-state index contributed by atoms with van der Waals surface area (Å²) in [6.07, 6.45) is 3.36. The fourth-order valence-corrected chi connectivity index (χ4v) is 3.78. The summed E-state index contributed by atoms with van der Waals surface area (Å²) in [6, 6.07) is 25.3. The third-order valence-electron chi connectivity index (χ3n) is 4.86. The first-order valence-corrected chi connectivity index (χ1v) is 11.4. The van der Waals surface area contributed by atoms with Gasteiger partial charge in [0, 0.05) is 23.2 Å². The average Bonchev–Trinajstić information content (AvgIpc) is 3.17. The van der Waals surface area contributed by atoms with Gasteiger partial charge >= 0.3 is 0 Å². The fraction of sp³-hybridized carbons (Fsp3) is 0.160. The van der Waals surface area contributed by atoms with Gasteiger partial charge in [0.2, 0.25) is 0 Å². The van der Waals surface area contributed by atoms with Gasteiger partial charge in [-0.3, -0.25) is 9.52 Å². The van der Waals surface area contributed by atoms with Crippen LogP contribution in [0.4, 0.5) is 0 Å². The highest BCUT2D eigenvalue weighted by Crippen LogP contribution is 2.26. The van der Waals surface area contributed by atoms with Crippen molar-refractivity contribution in [2.24, 2.45) is 0 Å². The summed E-state index contributed by atoms with van der Waals surface area (Å²) in [4.78, 5) is 15.7. The molecule has 0 aliphatic heterocycles. The van der Waals surface area contributed by atoms with Crippen LogP contribution in [0.25, 0.3) is 10.9 Å². The van der Waals surface area contributed by atoms with E-state index in [1.165, 1.54) is 11.9 Å². The molecular formula is C25H24N2O3S. The van der Waals surface area contributed by atoms with Crippen molar-refractivity contribution in [1.29, 1.82) is 0 Å². The first kappa shape index (κ1) is 20.9. The summed E-state index contributed by atoms with van der Waals surface area (Å²) in [5, 5.41) is 1.08. The van der Waals surface area contributed by atoms with E-state index in [0.29, 0.717) is 12.3 Å². The highest BCUT2D eigenvalue weighted by atomic mass is 32.2. The molecule has 0 fully saturated rings. The van der Waals surface area contributed by atoms with Crippen LogP contribution in [-0.2, 0) is 6.42 Å². The van der Waals surface area contributed by atoms with Crippen LogP contribution in [0.1, 0.15) is 22.5 Å². The number of rotatable bonds is 9. The van der Waals surface area contributed by atoms with E-state index in [9.17, 15) is 4.79 Å². The number of aromatic amines is 1. The Balaban J connectivity index is 1.39. The monoisotopic (exact) mass is 432 g/mol. The van der Waals surface area contributed by atoms with E-state index < -0.39 is 0 Å². The number of nitrogens with one attached hydrogen (secondary N) is 2. The lowest BCUT2D eigenvalue weighted by molar-refractivity contribution is 0.0979. The summed E-state index contributed by atoms with van der Waals surface area (Å²) in [5.41, 5.74) is 2.61. The molecule has 0 saturated carbocycles. The largest absolute Gasteiger partial charge is 0.493 e. The van der Waals surface area contributed by atoms with Crippen LogP contribution in [0.15, 0.2) is 78.9 Å². The maximum atomic E-state index is 12.5. The van der Waals surface area contributed by atoms with Crippen LogP contribution in [-0.4, -0.2) is 23.8 Å². The zero-order valence-corrected chi connectivity index (χ0v) is 18.1. The van der Waals surface area contributed by atoms with Gasteiger partial charge in [0.25, 0.3) is 5.91 Å². The Kier molecular flexibility index (Phi) is 6.79. The maximum absolute atomic E-state index is 12.5. The second-order valence-corrected chi connectivity index (χ2v) is 7.61. The van der Waals surface area contributed by atoms with Gasteiger partial charge in [-0.1, -0.05) is 54.4 Å². The topological polar surface area (TPSA) is 63.4 Å². The van der Waals surface area contributed by atoms with Gasteiger partial charge in [0.1, 0.15) is 22.9 Å². The molecule has 0 aliphatic carbocycles. The van der Waals surface area contributed by atoms with Crippen LogP contribution in [0.5, 0.6) is 17.2 Å². The number of hydrogen-bond acceptors (Lipinski definition) is 4. The molecule has 3 aromatic carbocycles. The Morgan fingerprint density at radius 2 is 1.68 bits per heavy atom. The van der Waals surface area contributed by atoms with Crippen molar-refractivity contribution in [2.75, 3.05) is 12.9 Å². The van der Waals surface area contributed by atoms with Gasteiger partial charge in [0.15, 0.2) is 0 Å². The Labute approximate surface area is 185 Å². The van der Waals surface area contributed by atoms with E-state index >= 15 is 0 Å². The minimum absolute atomic E-state index is 0.106. The van der Waals surface area contributed by atoms with Crippen molar-refractivity contribution in [3.05, 3.63) is 90.1 Å². The molecule has 2 N–H and O–H groups in total. The number of para-hydroxylation sites is 2. The van der Waals surface area contributed by atoms with E-state index in [4.69, 9.17) is 9.47 Å². The summed E-state index contributed by atoms with van der Waals surface area (Å²) in [6.45, 7) is 0.540. The molecule has 158 valence electrons. The van der Waals surface area contributed by atoms with Gasteiger partial charge in [-0.25, -0.2) is 0 Å². The van der Waals surface area contributed by atoms with Crippen LogP contribution in [0, 0.1) is 0 Å². The normalized spacial score (nSPS) is 10.7. The summed E-state index contributed by atoms with van der Waals surface area (Å²) < 4.78 is 14.6. The molecule has 0 saturated heterocycles. The minimum Gasteiger partial charge on any atom is -0.493 e. The predicted molar refractivity (Wildman–Crippen MR) is 126 cm³/mol. The zero-order chi connectivity index (χ0) is 21.5. The molecule has 0 spiro atoms. The summed E-state index contributed by atoms with van der Waals surface area (Å²) in [7, 11) is 0. The molecule has 0 atom stereocenters. The van der Waals surface area contributed by atoms with Gasteiger partial charge < -0.3 is 14.5 Å². The second kappa shape index (κ2) is 10.1.